The molecule has 0 atom stereocenters. The predicted molar refractivity (Wildman–Crippen MR) is 101 cm³/mol. The first kappa shape index (κ1) is 17.9. The highest BCUT2D eigenvalue weighted by Crippen LogP contribution is 2.24. The maximum Gasteiger partial charge on any atom is 0.254 e. The molecule has 0 aliphatic carbocycles. The first-order valence-electron chi connectivity index (χ1n) is 8.40. The molecule has 0 aliphatic heterocycles. The van der Waals surface area contributed by atoms with Gasteiger partial charge in [-0.1, -0.05) is 31.2 Å². The van der Waals surface area contributed by atoms with Crippen molar-refractivity contribution in [3.05, 3.63) is 64.2 Å². The molecule has 0 bridgehead atoms. The van der Waals surface area contributed by atoms with Crippen LogP contribution in [0.5, 0.6) is 0 Å². The average Bonchev–Trinajstić information content (AvgIpc) is 2.58. The zero-order valence-electron chi connectivity index (χ0n) is 15.3. The van der Waals surface area contributed by atoms with Crippen molar-refractivity contribution < 1.29 is 4.79 Å². The Hall–Kier alpha value is -2.42. The summed E-state index contributed by atoms with van der Waals surface area (Å²) in [6.45, 7) is 8.62. The number of rotatable bonds is 5. The molecule has 3 heteroatoms. The Kier molecular flexibility index (Phi) is 5.91. The van der Waals surface area contributed by atoms with Gasteiger partial charge < -0.3 is 4.90 Å². The van der Waals surface area contributed by atoms with E-state index in [9.17, 15) is 4.79 Å². The minimum atomic E-state index is 0.0496. The van der Waals surface area contributed by atoms with Gasteiger partial charge in [0.05, 0.1) is 5.69 Å². The lowest BCUT2D eigenvalue weighted by atomic mass is 10.0. The number of carbonyl (C=O) groups excluding carboxylic acids is 1. The molecule has 0 saturated heterocycles. The Morgan fingerprint density at radius 1 is 1.12 bits per heavy atom. The van der Waals surface area contributed by atoms with Gasteiger partial charge in [0.1, 0.15) is 0 Å². The standard InChI is InChI=1S/C21H26N2O/c1-6-17-10-8-9-11-18(17)14-23(5)21(24)19-12-16(4)20(22-7-2)13-15(19)3/h7-13H,6,14H2,1-5H3. The van der Waals surface area contributed by atoms with Crippen LogP contribution < -0.4 is 0 Å². The highest BCUT2D eigenvalue weighted by Gasteiger charge is 2.16. The SMILES string of the molecule is CC=Nc1cc(C)c(C(=O)N(C)Cc2ccccc2CC)cc1C. The third-order valence-electron chi connectivity index (χ3n) is 4.30. The van der Waals surface area contributed by atoms with Crippen LogP contribution in [-0.2, 0) is 13.0 Å². The zero-order valence-corrected chi connectivity index (χ0v) is 15.3. The van der Waals surface area contributed by atoms with Gasteiger partial charge in [-0.15, -0.1) is 0 Å². The van der Waals surface area contributed by atoms with E-state index < -0.39 is 0 Å². The van der Waals surface area contributed by atoms with Gasteiger partial charge in [-0.05, 0) is 61.6 Å². The van der Waals surface area contributed by atoms with Crippen LogP contribution in [0, 0.1) is 13.8 Å². The summed E-state index contributed by atoms with van der Waals surface area (Å²) in [6.07, 6.45) is 2.75. The minimum absolute atomic E-state index is 0.0496. The second-order valence-electron chi connectivity index (χ2n) is 6.12. The van der Waals surface area contributed by atoms with E-state index in [0.717, 1.165) is 28.8 Å². The summed E-state index contributed by atoms with van der Waals surface area (Å²) >= 11 is 0. The fourth-order valence-corrected chi connectivity index (χ4v) is 2.90. The third-order valence-corrected chi connectivity index (χ3v) is 4.30. The van der Waals surface area contributed by atoms with Crippen LogP contribution in [0.25, 0.3) is 0 Å². The van der Waals surface area contributed by atoms with Gasteiger partial charge >= 0.3 is 0 Å². The molecule has 1 amide bonds. The lowest BCUT2D eigenvalue weighted by Crippen LogP contribution is -2.27. The lowest BCUT2D eigenvalue weighted by Gasteiger charge is -2.20. The maximum atomic E-state index is 12.9. The first-order valence-corrected chi connectivity index (χ1v) is 8.40. The molecule has 0 spiro atoms. The topological polar surface area (TPSA) is 32.7 Å². The minimum Gasteiger partial charge on any atom is -0.337 e. The van der Waals surface area contributed by atoms with E-state index in [4.69, 9.17) is 0 Å². The molecule has 0 N–H and O–H groups in total. The molecule has 0 aromatic heterocycles. The molecule has 0 aliphatic rings. The number of aryl methyl sites for hydroxylation is 3. The highest BCUT2D eigenvalue weighted by atomic mass is 16.2. The molecule has 0 fully saturated rings. The van der Waals surface area contributed by atoms with E-state index in [0.29, 0.717) is 6.54 Å². The second kappa shape index (κ2) is 7.91. The summed E-state index contributed by atoms with van der Waals surface area (Å²) in [6, 6.07) is 12.2. The van der Waals surface area contributed by atoms with E-state index in [1.54, 1.807) is 11.1 Å². The zero-order chi connectivity index (χ0) is 17.7. The normalized spacial score (nSPS) is 11.0. The fourth-order valence-electron chi connectivity index (χ4n) is 2.90. The monoisotopic (exact) mass is 322 g/mol. The van der Waals surface area contributed by atoms with Crippen LogP contribution in [0.4, 0.5) is 5.69 Å². The lowest BCUT2D eigenvalue weighted by molar-refractivity contribution is 0.0784. The van der Waals surface area contributed by atoms with E-state index in [-0.39, 0.29) is 5.91 Å². The number of benzene rings is 2. The van der Waals surface area contributed by atoms with Gasteiger partial charge in [0.25, 0.3) is 5.91 Å². The Balaban J connectivity index is 2.26. The summed E-state index contributed by atoms with van der Waals surface area (Å²) < 4.78 is 0. The summed E-state index contributed by atoms with van der Waals surface area (Å²) in [5, 5.41) is 0. The van der Waals surface area contributed by atoms with Gasteiger partial charge in [0.15, 0.2) is 0 Å². The van der Waals surface area contributed by atoms with Gasteiger partial charge in [0.2, 0.25) is 0 Å². The summed E-state index contributed by atoms with van der Waals surface area (Å²) in [4.78, 5) is 19.0. The molecular weight excluding hydrogens is 296 g/mol. The Labute approximate surface area is 145 Å². The summed E-state index contributed by atoms with van der Waals surface area (Å²) in [7, 11) is 1.86. The molecule has 0 unspecified atom stereocenters. The number of nitrogens with zero attached hydrogens (tertiary/aromatic N) is 2. The third kappa shape index (κ3) is 3.91. The van der Waals surface area contributed by atoms with Crippen molar-refractivity contribution in [1.29, 1.82) is 0 Å². The van der Waals surface area contributed by atoms with Crippen LogP contribution >= 0.6 is 0 Å². The van der Waals surface area contributed by atoms with E-state index in [2.05, 4.69) is 24.0 Å². The molecule has 3 nitrogen and oxygen atoms in total. The highest BCUT2D eigenvalue weighted by molar-refractivity contribution is 5.96. The summed E-state index contributed by atoms with van der Waals surface area (Å²) in [5.41, 5.74) is 6.14. The van der Waals surface area contributed by atoms with Crippen LogP contribution in [0.3, 0.4) is 0 Å². The first-order chi connectivity index (χ1) is 11.5. The fraction of sp³-hybridized carbons (Fsp3) is 0.333. The maximum absolute atomic E-state index is 12.9. The van der Waals surface area contributed by atoms with Gasteiger partial charge in [-0.3, -0.25) is 9.79 Å². The number of aliphatic imine (C=N–C) groups is 1. The van der Waals surface area contributed by atoms with Crippen molar-refractivity contribution >= 4 is 17.8 Å². The quantitative estimate of drug-likeness (QED) is 0.724. The van der Waals surface area contributed by atoms with E-state index >= 15 is 0 Å². The molecule has 0 radical (unpaired) electrons. The largest absolute Gasteiger partial charge is 0.337 e. The van der Waals surface area contributed by atoms with Crippen molar-refractivity contribution in [2.24, 2.45) is 4.99 Å². The van der Waals surface area contributed by atoms with E-state index in [1.807, 2.05) is 52.1 Å². The van der Waals surface area contributed by atoms with Crippen LogP contribution in [0.2, 0.25) is 0 Å². The second-order valence-corrected chi connectivity index (χ2v) is 6.12. The van der Waals surface area contributed by atoms with Gasteiger partial charge in [-0.25, -0.2) is 0 Å². The molecular formula is C21H26N2O. The molecule has 24 heavy (non-hydrogen) atoms. The summed E-state index contributed by atoms with van der Waals surface area (Å²) in [5.74, 6) is 0.0496. The molecule has 2 rings (SSSR count). The van der Waals surface area contributed by atoms with Gasteiger partial charge in [-0.2, -0.15) is 0 Å². The molecule has 2 aromatic carbocycles. The van der Waals surface area contributed by atoms with Crippen LogP contribution in [0.1, 0.15) is 46.5 Å². The van der Waals surface area contributed by atoms with E-state index in [1.165, 1.54) is 11.1 Å². The number of carbonyl (C=O) groups is 1. The van der Waals surface area contributed by atoms with Crippen molar-refractivity contribution in [2.75, 3.05) is 7.05 Å². The predicted octanol–water partition coefficient (Wildman–Crippen LogP) is 4.86. The number of hydrogen-bond donors (Lipinski definition) is 0. The molecule has 126 valence electrons. The van der Waals surface area contributed by atoms with Crippen molar-refractivity contribution in [3.63, 3.8) is 0 Å². The van der Waals surface area contributed by atoms with Crippen LogP contribution in [-0.4, -0.2) is 24.1 Å². The number of hydrogen-bond acceptors (Lipinski definition) is 2. The van der Waals surface area contributed by atoms with Gasteiger partial charge in [0, 0.05) is 25.4 Å². The van der Waals surface area contributed by atoms with Crippen LogP contribution in [0.15, 0.2) is 41.4 Å². The Morgan fingerprint density at radius 2 is 1.79 bits per heavy atom. The van der Waals surface area contributed by atoms with Crippen molar-refractivity contribution in [2.45, 2.75) is 40.7 Å². The Morgan fingerprint density at radius 3 is 2.42 bits per heavy atom. The molecule has 0 heterocycles. The number of amides is 1. The molecule has 0 saturated carbocycles. The average molecular weight is 322 g/mol. The van der Waals surface area contributed by atoms with Crippen molar-refractivity contribution in [1.82, 2.24) is 4.90 Å². The molecule has 2 aromatic rings. The smallest absolute Gasteiger partial charge is 0.254 e. The van der Waals surface area contributed by atoms with Crippen molar-refractivity contribution in [3.8, 4) is 0 Å². The Bertz CT molecular complexity index is 762.